The Morgan fingerprint density at radius 3 is 2.85 bits per heavy atom. The number of rotatable bonds is 7. The van der Waals surface area contributed by atoms with Crippen molar-refractivity contribution in [2.75, 3.05) is 6.67 Å². The predicted octanol–water partition coefficient (Wildman–Crippen LogP) is 3.26. The molecule has 0 atom stereocenters. The van der Waals surface area contributed by atoms with Crippen LogP contribution in [0.25, 0.3) is 10.9 Å². The number of aryl methyl sites for hydroxylation is 1. The molecule has 0 aliphatic heterocycles. The largest absolute Gasteiger partial charge is 0.348 e. The molecule has 1 heterocycles. The Morgan fingerprint density at radius 2 is 2.11 bits per heavy atom. The van der Waals surface area contributed by atoms with Crippen molar-refractivity contribution in [3.63, 3.8) is 0 Å². The molecule has 2 aromatic carbocycles. The molecule has 6 heteroatoms. The lowest BCUT2D eigenvalue weighted by Crippen LogP contribution is -2.22. The highest BCUT2D eigenvalue weighted by Gasteiger charge is 2.09. The minimum atomic E-state index is -0.108. The van der Waals surface area contributed by atoms with E-state index in [2.05, 4.69) is 33.5 Å². The third-order valence-corrected chi connectivity index (χ3v) is 4.43. The number of amides is 1. The number of nitrogens with zero attached hydrogens (tertiary/aromatic N) is 3. The normalized spacial score (nSPS) is 11.2. The van der Waals surface area contributed by atoms with Crippen molar-refractivity contribution < 1.29 is 4.79 Å². The van der Waals surface area contributed by atoms with Gasteiger partial charge in [-0.15, -0.1) is 0 Å². The van der Waals surface area contributed by atoms with Crippen LogP contribution in [0.15, 0.2) is 58.6 Å². The third-order valence-electron chi connectivity index (χ3n) is 4.43. The quantitative estimate of drug-likeness (QED) is 0.633. The summed E-state index contributed by atoms with van der Waals surface area (Å²) in [6.07, 6.45) is 3.70. The third kappa shape index (κ3) is 4.12. The highest BCUT2D eigenvalue weighted by Crippen LogP contribution is 2.20. The van der Waals surface area contributed by atoms with Crippen LogP contribution in [-0.2, 0) is 13.1 Å². The van der Waals surface area contributed by atoms with E-state index in [4.69, 9.17) is 5.73 Å². The van der Waals surface area contributed by atoms with Crippen LogP contribution in [0.3, 0.4) is 0 Å². The number of carbonyl (C=O) groups excluding carboxylic acids is 1. The van der Waals surface area contributed by atoms with Gasteiger partial charge in [-0.3, -0.25) is 14.8 Å². The highest BCUT2D eigenvalue weighted by molar-refractivity contribution is 5.98. The van der Waals surface area contributed by atoms with Gasteiger partial charge in [-0.25, -0.2) is 0 Å². The summed E-state index contributed by atoms with van der Waals surface area (Å²) in [4.78, 5) is 20.5. The maximum atomic E-state index is 12.5. The van der Waals surface area contributed by atoms with Crippen LogP contribution in [0.4, 0.5) is 5.69 Å². The van der Waals surface area contributed by atoms with Crippen molar-refractivity contribution in [3.05, 3.63) is 65.4 Å². The number of aromatic nitrogens is 1. The van der Waals surface area contributed by atoms with Gasteiger partial charge in [-0.1, -0.05) is 12.1 Å². The monoisotopic (exact) mass is 361 g/mol. The maximum Gasteiger partial charge on any atom is 0.251 e. The second kappa shape index (κ2) is 8.42. The van der Waals surface area contributed by atoms with E-state index in [0.717, 1.165) is 28.6 Å². The van der Waals surface area contributed by atoms with E-state index in [1.807, 2.05) is 48.7 Å². The number of hydrogen-bond acceptors (Lipinski definition) is 4. The molecule has 3 N–H and O–H groups in total. The van der Waals surface area contributed by atoms with Gasteiger partial charge < -0.3 is 15.6 Å². The molecule has 0 bridgehead atoms. The summed E-state index contributed by atoms with van der Waals surface area (Å²) in [6.45, 7) is 7.22. The van der Waals surface area contributed by atoms with E-state index in [-0.39, 0.29) is 12.6 Å². The fourth-order valence-corrected chi connectivity index (χ4v) is 3.00. The molecule has 0 unspecified atom stereocenters. The molecule has 0 aliphatic rings. The Labute approximate surface area is 158 Å². The van der Waals surface area contributed by atoms with Crippen molar-refractivity contribution in [3.8, 4) is 0 Å². The van der Waals surface area contributed by atoms with Crippen LogP contribution < -0.4 is 11.1 Å². The topological polar surface area (TPSA) is 84.8 Å². The molecule has 0 aliphatic carbocycles. The zero-order chi connectivity index (χ0) is 19.2. The first-order valence-corrected chi connectivity index (χ1v) is 8.83. The predicted molar refractivity (Wildman–Crippen MR) is 111 cm³/mol. The van der Waals surface area contributed by atoms with E-state index < -0.39 is 0 Å². The number of hydrogen-bond donors (Lipinski definition) is 2. The average molecular weight is 361 g/mol. The van der Waals surface area contributed by atoms with Gasteiger partial charge in [-0.2, -0.15) is 0 Å². The molecule has 0 fully saturated rings. The second-order valence-corrected chi connectivity index (χ2v) is 6.10. The summed E-state index contributed by atoms with van der Waals surface area (Å²) in [5.74, 6) is -0.108. The van der Waals surface area contributed by atoms with E-state index in [0.29, 0.717) is 17.8 Å². The standard InChI is InChI=1S/C21H23N5O/c1-3-26-9-8-16-11-17(6-7-20(16)26)21(27)25-12-15-4-5-18(13-24-14-22)19(10-15)23-2/h4-11,13H,2-3,12,14,22H2,1H3,(H,25,27)/b24-13-. The molecule has 1 amide bonds. The van der Waals surface area contributed by atoms with Gasteiger partial charge in [0.2, 0.25) is 0 Å². The van der Waals surface area contributed by atoms with Crippen LogP contribution in [-0.4, -0.2) is 30.1 Å². The number of benzene rings is 2. The van der Waals surface area contributed by atoms with Crippen molar-refractivity contribution in [2.24, 2.45) is 15.7 Å². The van der Waals surface area contributed by atoms with Gasteiger partial charge in [0.05, 0.1) is 12.4 Å². The van der Waals surface area contributed by atoms with Crippen LogP contribution in [0.5, 0.6) is 0 Å². The molecule has 138 valence electrons. The SMILES string of the molecule is C=Nc1cc(CNC(=O)c2ccc3c(ccn3CC)c2)ccc1/C=N\CN. The smallest absolute Gasteiger partial charge is 0.251 e. The fourth-order valence-electron chi connectivity index (χ4n) is 3.00. The van der Waals surface area contributed by atoms with E-state index in [9.17, 15) is 4.79 Å². The number of aliphatic imine (C=N–C) groups is 2. The molecule has 3 rings (SSSR count). The van der Waals surface area contributed by atoms with E-state index in [1.165, 1.54) is 0 Å². The first-order valence-electron chi connectivity index (χ1n) is 8.83. The zero-order valence-corrected chi connectivity index (χ0v) is 15.4. The first kappa shape index (κ1) is 18.5. The second-order valence-electron chi connectivity index (χ2n) is 6.10. The van der Waals surface area contributed by atoms with Gasteiger partial charge in [0, 0.05) is 47.5 Å². The number of nitrogens with one attached hydrogen (secondary N) is 1. The summed E-state index contributed by atoms with van der Waals surface area (Å²) in [7, 11) is 0. The van der Waals surface area contributed by atoms with Crippen molar-refractivity contribution in [2.45, 2.75) is 20.0 Å². The van der Waals surface area contributed by atoms with Crippen molar-refractivity contribution >= 4 is 35.4 Å². The van der Waals surface area contributed by atoms with Gasteiger partial charge >= 0.3 is 0 Å². The Kier molecular flexibility index (Phi) is 5.78. The molecule has 27 heavy (non-hydrogen) atoms. The van der Waals surface area contributed by atoms with Crippen LogP contribution in [0.2, 0.25) is 0 Å². The van der Waals surface area contributed by atoms with Crippen LogP contribution in [0, 0.1) is 0 Å². The van der Waals surface area contributed by atoms with Gasteiger partial charge in [-0.05, 0) is 49.5 Å². The zero-order valence-electron chi connectivity index (χ0n) is 15.4. The van der Waals surface area contributed by atoms with Gasteiger partial charge in [0.15, 0.2) is 0 Å². The molecular weight excluding hydrogens is 338 g/mol. The molecule has 1 aromatic heterocycles. The van der Waals surface area contributed by atoms with E-state index in [1.54, 1.807) is 6.21 Å². The summed E-state index contributed by atoms with van der Waals surface area (Å²) in [5, 5.41) is 4.01. The van der Waals surface area contributed by atoms with Crippen LogP contribution in [0.1, 0.15) is 28.4 Å². The van der Waals surface area contributed by atoms with Crippen LogP contribution >= 0.6 is 0 Å². The summed E-state index contributed by atoms with van der Waals surface area (Å²) < 4.78 is 2.15. The molecule has 0 saturated heterocycles. The lowest BCUT2D eigenvalue weighted by molar-refractivity contribution is 0.0951. The lowest BCUT2D eigenvalue weighted by Gasteiger charge is -2.08. The average Bonchev–Trinajstić information content (AvgIpc) is 3.12. The Hall–Kier alpha value is -3.25. The highest BCUT2D eigenvalue weighted by atomic mass is 16.1. The lowest BCUT2D eigenvalue weighted by atomic mass is 10.1. The van der Waals surface area contributed by atoms with Gasteiger partial charge in [0.25, 0.3) is 5.91 Å². The number of fused-ring (bicyclic) bond motifs is 1. The molecule has 0 saturated carbocycles. The van der Waals surface area contributed by atoms with Crippen molar-refractivity contribution in [1.82, 2.24) is 9.88 Å². The van der Waals surface area contributed by atoms with E-state index >= 15 is 0 Å². The summed E-state index contributed by atoms with van der Waals surface area (Å²) in [5.41, 5.74) is 9.65. The minimum Gasteiger partial charge on any atom is -0.348 e. The molecule has 3 aromatic rings. The number of nitrogens with two attached hydrogens (primary N) is 1. The Morgan fingerprint density at radius 1 is 1.26 bits per heavy atom. The van der Waals surface area contributed by atoms with Gasteiger partial charge in [0.1, 0.15) is 0 Å². The summed E-state index contributed by atoms with van der Waals surface area (Å²) >= 11 is 0. The molecule has 0 radical (unpaired) electrons. The summed E-state index contributed by atoms with van der Waals surface area (Å²) in [6, 6.07) is 13.5. The number of carbonyl (C=O) groups is 1. The molecule has 0 spiro atoms. The van der Waals surface area contributed by atoms with Crippen molar-refractivity contribution in [1.29, 1.82) is 0 Å². The molecular formula is C21H23N5O. The maximum absolute atomic E-state index is 12.5. The Bertz CT molecular complexity index is 1000. The fraction of sp³-hybridized carbons (Fsp3) is 0.190. The minimum absolute atomic E-state index is 0.108. The molecule has 6 nitrogen and oxygen atoms in total. The first-order chi connectivity index (χ1) is 13.2. The Balaban J connectivity index is 1.71.